The number of ketones is 1. The van der Waals surface area contributed by atoms with E-state index in [1.165, 1.54) is 13.8 Å². The van der Waals surface area contributed by atoms with Gasteiger partial charge in [-0.1, -0.05) is 96.6 Å². The average molecular weight is 495 g/mol. The highest BCUT2D eigenvalue weighted by Gasteiger charge is 2.27. The third-order valence-corrected chi connectivity index (χ3v) is 6.07. The van der Waals surface area contributed by atoms with Crippen molar-refractivity contribution in [2.24, 2.45) is 0 Å². The van der Waals surface area contributed by atoms with Crippen molar-refractivity contribution < 1.29 is 19.4 Å². The lowest BCUT2D eigenvalue weighted by atomic mass is 10.1. The molecule has 0 aliphatic heterocycles. The maximum Gasteiger partial charge on any atom is 0.335 e. The third kappa shape index (κ3) is 6.48. The van der Waals surface area contributed by atoms with Crippen LogP contribution in [0, 0.1) is 6.92 Å². The molecule has 1 heterocycles. The number of hydrogen-bond donors (Lipinski definition) is 1. The Bertz CT molecular complexity index is 1400. The second-order valence-corrected chi connectivity index (χ2v) is 9.41. The molecular weight excluding hydrogens is 464 g/mol. The Labute approximate surface area is 216 Å². The van der Waals surface area contributed by atoms with Gasteiger partial charge in [-0.2, -0.15) is 0 Å². The molecule has 0 saturated heterocycles. The van der Waals surface area contributed by atoms with E-state index >= 15 is 0 Å². The van der Waals surface area contributed by atoms with Gasteiger partial charge in [-0.3, -0.25) is 4.79 Å². The number of carbonyl (C=O) groups is 2. The van der Waals surface area contributed by atoms with Crippen LogP contribution in [0.15, 0.2) is 91.1 Å². The first-order valence-electron chi connectivity index (χ1n) is 12.1. The minimum Gasteiger partial charge on any atom is -0.479 e. The zero-order chi connectivity index (χ0) is 26.4. The molecule has 4 rings (SSSR count). The molecule has 6 heteroatoms. The van der Waals surface area contributed by atoms with Gasteiger partial charge < -0.3 is 14.4 Å². The normalized spacial score (nSPS) is 11.6. The van der Waals surface area contributed by atoms with Gasteiger partial charge in [-0.05, 0) is 31.9 Å². The molecule has 0 bridgehead atoms. The van der Waals surface area contributed by atoms with Crippen molar-refractivity contribution in [1.29, 1.82) is 0 Å². The van der Waals surface area contributed by atoms with E-state index in [1.807, 2.05) is 109 Å². The average Bonchev–Trinajstić information content (AvgIpc) is 3.33. The van der Waals surface area contributed by atoms with Gasteiger partial charge in [-0.25, -0.2) is 9.78 Å². The molecule has 0 fully saturated rings. The second-order valence-electron chi connectivity index (χ2n) is 9.41. The summed E-state index contributed by atoms with van der Waals surface area (Å²) in [6, 6.07) is 25.0. The Morgan fingerprint density at radius 1 is 0.973 bits per heavy atom. The summed E-state index contributed by atoms with van der Waals surface area (Å²) in [5, 5.41) is 9.19. The molecule has 0 atom stereocenters. The number of hydrogen-bond acceptors (Lipinski definition) is 4. The number of allylic oxidation sites excluding steroid dienone is 1. The van der Waals surface area contributed by atoms with Crippen molar-refractivity contribution in [1.82, 2.24) is 9.55 Å². The topological polar surface area (TPSA) is 81.4 Å². The summed E-state index contributed by atoms with van der Waals surface area (Å²) in [5.41, 5.74) is 4.03. The van der Waals surface area contributed by atoms with Gasteiger partial charge in [0.1, 0.15) is 0 Å². The lowest BCUT2D eigenvalue weighted by Crippen LogP contribution is -2.34. The van der Waals surface area contributed by atoms with Crippen molar-refractivity contribution >= 4 is 17.8 Å². The van der Waals surface area contributed by atoms with Crippen molar-refractivity contribution in [3.63, 3.8) is 0 Å². The minimum absolute atomic E-state index is 0.121. The van der Waals surface area contributed by atoms with E-state index in [2.05, 4.69) is 0 Å². The number of ether oxygens (including phenoxy) is 1. The summed E-state index contributed by atoms with van der Waals surface area (Å²) < 4.78 is 7.39. The van der Waals surface area contributed by atoms with Gasteiger partial charge in [0.2, 0.25) is 5.78 Å². The Balaban J connectivity index is 1.51. The number of benzene rings is 3. The van der Waals surface area contributed by atoms with E-state index in [4.69, 9.17) is 9.72 Å². The molecule has 0 unspecified atom stereocenters. The van der Waals surface area contributed by atoms with E-state index in [0.717, 1.165) is 27.9 Å². The maximum absolute atomic E-state index is 13.3. The second kappa shape index (κ2) is 11.2. The Morgan fingerprint density at radius 2 is 1.65 bits per heavy atom. The highest BCUT2D eigenvalue weighted by Crippen LogP contribution is 2.21. The van der Waals surface area contributed by atoms with E-state index < -0.39 is 11.6 Å². The van der Waals surface area contributed by atoms with E-state index in [1.54, 1.807) is 0 Å². The lowest BCUT2D eigenvalue weighted by molar-refractivity contribution is -0.162. The standard InChI is InChI=1S/C31H30N2O4/c1-22-11-17-26(18-12-22)28(34)29-32-27(25-9-5-4-6-10-25)20-33(29)19-7-8-23-13-15-24(16-14-23)21-37-31(2,3)30(35)36/h4-18,20H,19,21H2,1-3H3,(H,35,36)/b8-7+. The molecule has 1 N–H and O–H groups in total. The predicted molar refractivity (Wildman–Crippen MR) is 144 cm³/mol. The smallest absolute Gasteiger partial charge is 0.335 e. The number of aryl methyl sites for hydroxylation is 1. The van der Waals surface area contributed by atoms with Crippen LogP contribution in [-0.2, 0) is 22.7 Å². The van der Waals surface area contributed by atoms with Crippen molar-refractivity contribution in [3.05, 3.63) is 119 Å². The molecule has 0 saturated carbocycles. The fraction of sp³-hybridized carbons (Fsp3) is 0.194. The number of carbonyl (C=O) groups excluding carboxylic acids is 1. The molecular formula is C31H30N2O4. The molecule has 3 aromatic carbocycles. The molecule has 6 nitrogen and oxygen atoms in total. The number of carboxylic acid groups (broad SMARTS) is 1. The zero-order valence-electron chi connectivity index (χ0n) is 21.2. The van der Waals surface area contributed by atoms with Crippen LogP contribution < -0.4 is 0 Å². The molecule has 188 valence electrons. The van der Waals surface area contributed by atoms with Crippen LogP contribution in [0.3, 0.4) is 0 Å². The first-order valence-corrected chi connectivity index (χ1v) is 12.1. The summed E-state index contributed by atoms with van der Waals surface area (Å²) >= 11 is 0. The van der Waals surface area contributed by atoms with Crippen molar-refractivity contribution in [2.45, 2.75) is 39.5 Å². The lowest BCUT2D eigenvalue weighted by Gasteiger charge is -2.20. The summed E-state index contributed by atoms with van der Waals surface area (Å²) in [7, 11) is 0. The number of aliphatic carboxylic acids is 1. The molecule has 1 aromatic heterocycles. The van der Waals surface area contributed by atoms with Gasteiger partial charge in [-0.15, -0.1) is 0 Å². The first kappa shape index (κ1) is 25.8. The van der Waals surface area contributed by atoms with E-state index in [9.17, 15) is 14.7 Å². The Hall–Kier alpha value is -4.29. The van der Waals surface area contributed by atoms with E-state index in [0.29, 0.717) is 17.9 Å². The summed E-state index contributed by atoms with van der Waals surface area (Å²) in [5.74, 6) is -0.729. The number of rotatable bonds is 10. The first-order chi connectivity index (χ1) is 17.7. The summed E-state index contributed by atoms with van der Waals surface area (Å²) in [6.07, 6.45) is 5.88. The van der Waals surface area contributed by atoms with Crippen LogP contribution in [0.5, 0.6) is 0 Å². The molecule has 0 spiro atoms. The van der Waals surface area contributed by atoms with Crippen LogP contribution in [-0.4, -0.2) is 32.0 Å². The largest absolute Gasteiger partial charge is 0.479 e. The molecule has 0 aliphatic rings. The van der Waals surface area contributed by atoms with Gasteiger partial charge in [0.25, 0.3) is 0 Å². The van der Waals surface area contributed by atoms with Crippen molar-refractivity contribution in [2.75, 3.05) is 0 Å². The van der Waals surface area contributed by atoms with Crippen molar-refractivity contribution in [3.8, 4) is 11.3 Å². The maximum atomic E-state index is 13.3. The number of nitrogens with zero attached hydrogens (tertiary/aromatic N) is 2. The summed E-state index contributed by atoms with van der Waals surface area (Å²) in [4.78, 5) is 29.2. The zero-order valence-corrected chi connectivity index (χ0v) is 21.2. The minimum atomic E-state index is -1.24. The number of aromatic nitrogens is 2. The van der Waals surface area contributed by atoms with Crippen LogP contribution in [0.25, 0.3) is 17.3 Å². The van der Waals surface area contributed by atoms with E-state index in [-0.39, 0.29) is 12.4 Å². The molecule has 0 radical (unpaired) electrons. The van der Waals surface area contributed by atoms with Crippen LogP contribution in [0.1, 0.15) is 46.7 Å². The van der Waals surface area contributed by atoms with Gasteiger partial charge >= 0.3 is 5.97 Å². The highest BCUT2D eigenvalue weighted by molar-refractivity contribution is 6.07. The van der Waals surface area contributed by atoms with Crippen LogP contribution in [0.4, 0.5) is 0 Å². The molecule has 0 aliphatic carbocycles. The Kier molecular flexibility index (Phi) is 7.80. The third-order valence-electron chi connectivity index (χ3n) is 6.07. The monoisotopic (exact) mass is 494 g/mol. The van der Waals surface area contributed by atoms with Gasteiger partial charge in [0, 0.05) is 23.9 Å². The predicted octanol–water partition coefficient (Wildman–Crippen LogP) is 6.18. The molecule has 0 amide bonds. The van der Waals surface area contributed by atoms with Crippen LogP contribution >= 0.6 is 0 Å². The molecule has 4 aromatic rings. The number of carboxylic acids is 1. The fourth-order valence-corrected chi connectivity index (χ4v) is 3.67. The number of imidazole rings is 1. The highest BCUT2D eigenvalue weighted by atomic mass is 16.5. The Morgan fingerprint density at radius 3 is 2.30 bits per heavy atom. The summed E-state index contributed by atoms with van der Waals surface area (Å²) in [6.45, 7) is 5.74. The molecule has 37 heavy (non-hydrogen) atoms. The SMILES string of the molecule is Cc1ccc(C(=O)c2nc(-c3ccccc3)cn2C/C=C/c2ccc(COC(C)(C)C(=O)O)cc2)cc1. The van der Waals surface area contributed by atoms with Crippen LogP contribution in [0.2, 0.25) is 0 Å². The fourth-order valence-electron chi connectivity index (χ4n) is 3.67. The van der Waals surface area contributed by atoms with Gasteiger partial charge in [0.05, 0.1) is 12.3 Å². The van der Waals surface area contributed by atoms with Gasteiger partial charge in [0.15, 0.2) is 11.4 Å². The quantitative estimate of drug-likeness (QED) is 0.266.